The Bertz CT molecular complexity index is 251. The summed E-state index contributed by atoms with van der Waals surface area (Å²) in [4.78, 5) is 10.5. The molecular formula is C9H8FO. The van der Waals surface area contributed by atoms with Gasteiger partial charge in [0.1, 0.15) is 11.6 Å². The fourth-order valence-electron chi connectivity index (χ4n) is 0.794. The molecule has 0 amide bonds. The molecule has 2 heteroatoms. The SMILES string of the molecule is CC(=O)[CH]c1ccc(F)cc1. The third-order valence-corrected chi connectivity index (χ3v) is 1.24. The minimum atomic E-state index is -0.286. The molecule has 0 unspecified atom stereocenters. The van der Waals surface area contributed by atoms with Gasteiger partial charge in [-0.3, -0.25) is 4.79 Å². The predicted molar refractivity (Wildman–Crippen MR) is 40.5 cm³/mol. The highest BCUT2D eigenvalue weighted by atomic mass is 19.1. The average molecular weight is 151 g/mol. The molecule has 1 aromatic carbocycles. The number of hydrogen-bond donors (Lipinski definition) is 0. The van der Waals surface area contributed by atoms with Gasteiger partial charge < -0.3 is 0 Å². The maximum Gasteiger partial charge on any atom is 0.138 e. The Kier molecular flexibility index (Phi) is 2.36. The van der Waals surface area contributed by atoms with E-state index in [1.54, 1.807) is 12.1 Å². The molecule has 0 saturated heterocycles. The molecule has 1 nitrogen and oxygen atoms in total. The lowest BCUT2D eigenvalue weighted by atomic mass is 10.1. The molecule has 0 spiro atoms. The van der Waals surface area contributed by atoms with Crippen LogP contribution in [0.1, 0.15) is 12.5 Å². The van der Waals surface area contributed by atoms with Crippen molar-refractivity contribution in [2.75, 3.05) is 0 Å². The summed E-state index contributed by atoms with van der Waals surface area (Å²) in [5, 5.41) is 0. The molecule has 0 bridgehead atoms. The van der Waals surface area contributed by atoms with Gasteiger partial charge in [0, 0.05) is 0 Å². The molecule has 1 aromatic rings. The van der Waals surface area contributed by atoms with Gasteiger partial charge in [-0.1, -0.05) is 12.1 Å². The van der Waals surface area contributed by atoms with E-state index in [0.717, 1.165) is 5.56 Å². The first-order valence-corrected chi connectivity index (χ1v) is 3.29. The van der Waals surface area contributed by atoms with Crippen LogP contribution in [-0.4, -0.2) is 5.78 Å². The molecule has 0 aromatic heterocycles. The van der Waals surface area contributed by atoms with E-state index in [1.807, 2.05) is 0 Å². The zero-order valence-electron chi connectivity index (χ0n) is 6.17. The Balaban J connectivity index is 2.74. The summed E-state index contributed by atoms with van der Waals surface area (Å²) in [5.74, 6) is -0.317. The molecule has 0 fully saturated rings. The van der Waals surface area contributed by atoms with Crippen LogP contribution in [0.25, 0.3) is 0 Å². The van der Waals surface area contributed by atoms with E-state index in [-0.39, 0.29) is 11.6 Å². The van der Waals surface area contributed by atoms with Crippen molar-refractivity contribution < 1.29 is 9.18 Å². The molecule has 0 atom stereocenters. The van der Waals surface area contributed by atoms with Crippen molar-refractivity contribution in [2.45, 2.75) is 6.92 Å². The van der Waals surface area contributed by atoms with Gasteiger partial charge in [0.25, 0.3) is 0 Å². The Hall–Kier alpha value is -1.18. The standard InChI is InChI=1S/C9H8FO/c1-7(11)6-8-2-4-9(10)5-3-8/h2-6H,1H3. The van der Waals surface area contributed by atoms with Gasteiger partial charge in [-0.2, -0.15) is 0 Å². The van der Waals surface area contributed by atoms with Crippen LogP contribution in [0.4, 0.5) is 4.39 Å². The van der Waals surface area contributed by atoms with E-state index >= 15 is 0 Å². The molecule has 1 rings (SSSR count). The van der Waals surface area contributed by atoms with Crippen molar-refractivity contribution in [3.8, 4) is 0 Å². The van der Waals surface area contributed by atoms with Crippen molar-refractivity contribution in [3.05, 3.63) is 42.1 Å². The van der Waals surface area contributed by atoms with Gasteiger partial charge in [0.05, 0.1) is 6.42 Å². The lowest BCUT2D eigenvalue weighted by Gasteiger charge is -1.94. The van der Waals surface area contributed by atoms with Crippen molar-refractivity contribution in [3.63, 3.8) is 0 Å². The van der Waals surface area contributed by atoms with Crippen LogP contribution >= 0.6 is 0 Å². The summed E-state index contributed by atoms with van der Waals surface area (Å²) >= 11 is 0. The zero-order chi connectivity index (χ0) is 8.27. The second kappa shape index (κ2) is 3.28. The number of carbonyl (C=O) groups is 1. The van der Waals surface area contributed by atoms with E-state index in [1.165, 1.54) is 25.5 Å². The van der Waals surface area contributed by atoms with Crippen LogP contribution in [0.15, 0.2) is 24.3 Å². The Labute approximate surface area is 64.9 Å². The number of ketones is 1. The first-order valence-electron chi connectivity index (χ1n) is 3.29. The van der Waals surface area contributed by atoms with Crippen LogP contribution in [0.5, 0.6) is 0 Å². The second-order valence-electron chi connectivity index (χ2n) is 2.31. The largest absolute Gasteiger partial charge is 0.299 e. The summed E-state index contributed by atoms with van der Waals surface area (Å²) < 4.78 is 12.3. The maximum absolute atomic E-state index is 12.3. The van der Waals surface area contributed by atoms with Crippen LogP contribution < -0.4 is 0 Å². The number of halogens is 1. The van der Waals surface area contributed by atoms with Crippen molar-refractivity contribution >= 4 is 5.78 Å². The van der Waals surface area contributed by atoms with E-state index in [9.17, 15) is 9.18 Å². The quantitative estimate of drug-likeness (QED) is 0.631. The fraction of sp³-hybridized carbons (Fsp3) is 0.111. The van der Waals surface area contributed by atoms with Crippen LogP contribution in [0.3, 0.4) is 0 Å². The zero-order valence-corrected chi connectivity index (χ0v) is 6.17. The highest BCUT2D eigenvalue weighted by Gasteiger charge is 1.97. The summed E-state index contributed by atoms with van der Waals surface area (Å²) in [6.07, 6.45) is 1.46. The molecule has 0 aliphatic heterocycles. The van der Waals surface area contributed by atoms with Crippen LogP contribution in [0.2, 0.25) is 0 Å². The van der Waals surface area contributed by atoms with Crippen molar-refractivity contribution in [1.29, 1.82) is 0 Å². The van der Waals surface area contributed by atoms with Gasteiger partial charge >= 0.3 is 0 Å². The summed E-state index contributed by atoms with van der Waals surface area (Å²) in [6.45, 7) is 1.46. The van der Waals surface area contributed by atoms with Crippen molar-refractivity contribution in [1.82, 2.24) is 0 Å². The van der Waals surface area contributed by atoms with Gasteiger partial charge in [0.15, 0.2) is 0 Å². The Morgan fingerprint density at radius 2 is 1.91 bits per heavy atom. The lowest BCUT2D eigenvalue weighted by molar-refractivity contribution is -0.113. The van der Waals surface area contributed by atoms with E-state index in [0.29, 0.717) is 0 Å². The minimum absolute atomic E-state index is 0.0309. The second-order valence-corrected chi connectivity index (χ2v) is 2.31. The van der Waals surface area contributed by atoms with E-state index < -0.39 is 0 Å². The third kappa shape index (κ3) is 2.50. The molecule has 57 valence electrons. The number of Topliss-reactive ketones (excluding diaryl/α,β-unsaturated/α-hetero) is 1. The highest BCUT2D eigenvalue weighted by Crippen LogP contribution is 2.04. The third-order valence-electron chi connectivity index (χ3n) is 1.24. The summed E-state index contributed by atoms with van der Waals surface area (Å²) in [5.41, 5.74) is 0.735. The molecule has 0 saturated carbocycles. The molecule has 0 heterocycles. The summed E-state index contributed by atoms with van der Waals surface area (Å²) in [7, 11) is 0. The average Bonchev–Trinajstić information content (AvgIpc) is 1.93. The first-order chi connectivity index (χ1) is 5.18. The molecule has 0 N–H and O–H groups in total. The minimum Gasteiger partial charge on any atom is -0.299 e. The van der Waals surface area contributed by atoms with Gasteiger partial charge in [-0.25, -0.2) is 4.39 Å². The lowest BCUT2D eigenvalue weighted by Crippen LogP contribution is -1.92. The number of rotatable bonds is 2. The fourth-order valence-corrected chi connectivity index (χ4v) is 0.794. The number of carbonyl (C=O) groups excluding carboxylic acids is 1. The van der Waals surface area contributed by atoms with Gasteiger partial charge in [-0.05, 0) is 24.6 Å². The van der Waals surface area contributed by atoms with Crippen molar-refractivity contribution in [2.24, 2.45) is 0 Å². The molecule has 1 radical (unpaired) electrons. The first kappa shape index (κ1) is 7.92. The van der Waals surface area contributed by atoms with Crippen LogP contribution in [0, 0.1) is 12.2 Å². The smallest absolute Gasteiger partial charge is 0.138 e. The van der Waals surface area contributed by atoms with Gasteiger partial charge in [-0.15, -0.1) is 0 Å². The molecule has 0 aliphatic rings. The predicted octanol–water partition coefficient (Wildman–Crippen LogP) is 1.97. The monoisotopic (exact) mass is 151 g/mol. The topological polar surface area (TPSA) is 17.1 Å². The highest BCUT2D eigenvalue weighted by molar-refractivity contribution is 5.88. The number of hydrogen-bond acceptors (Lipinski definition) is 1. The molecular weight excluding hydrogens is 143 g/mol. The Morgan fingerprint density at radius 3 is 2.36 bits per heavy atom. The van der Waals surface area contributed by atoms with E-state index in [2.05, 4.69) is 0 Å². The number of benzene rings is 1. The Morgan fingerprint density at radius 1 is 1.36 bits per heavy atom. The normalized spacial score (nSPS) is 9.64. The van der Waals surface area contributed by atoms with Gasteiger partial charge in [0.2, 0.25) is 0 Å². The molecule has 0 aliphatic carbocycles. The van der Waals surface area contributed by atoms with E-state index in [4.69, 9.17) is 0 Å². The summed E-state index contributed by atoms with van der Waals surface area (Å²) in [6, 6.07) is 5.79. The molecule has 11 heavy (non-hydrogen) atoms. The van der Waals surface area contributed by atoms with Crippen LogP contribution in [-0.2, 0) is 4.79 Å². The maximum atomic E-state index is 12.3.